The van der Waals surface area contributed by atoms with Gasteiger partial charge in [-0.2, -0.15) is 0 Å². The molecule has 6 nitrogen and oxygen atoms in total. The predicted octanol–water partition coefficient (Wildman–Crippen LogP) is 2.90. The lowest BCUT2D eigenvalue weighted by molar-refractivity contribution is -0.136. The first kappa shape index (κ1) is 21.7. The average molecular weight is 407 g/mol. The molecule has 28 heavy (non-hydrogen) atoms. The summed E-state index contributed by atoms with van der Waals surface area (Å²) in [6.45, 7) is 0.255. The number of halogens is 2. The number of nitrogens with one attached hydrogen (secondary N) is 2. The fourth-order valence-corrected chi connectivity index (χ4v) is 2.81. The summed E-state index contributed by atoms with van der Waals surface area (Å²) in [5.41, 5.74) is 2.33. The van der Waals surface area contributed by atoms with Crippen LogP contribution in [0.15, 0.2) is 42.5 Å². The number of anilines is 2. The fourth-order valence-electron chi connectivity index (χ4n) is 2.62. The van der Waals surface area contributed by atoms with Gasteiger partial charge in [0.15, 0.2) is 0 Å². The van der Waals surface area contributed by atoms with Crippen molar-refractivity contribution in [2.45, 2.75) is 6.04 Å². The topological polar surface area (TPSA) is 64.7 Å². The number of amides is 2. The van der Waals surface area contributed by atoms with Gasteiger partial charge < -0.3 is 20.4 Å². The van der Waals surface area contributed by atoms with E-state index in [4.69, 9.17) is 11.6 Å². The predicted molar refractivity (Wildman–Crippen MR) is 110 cm³/mol. The summed E-state index contributed by atoms with van der Waals surface area (Å²) in [7, 11) is 7.73. The maximum absolute atomic E-state index is 13.2. The van der Waals surface area contributed by atoms with E-state index < -0.39 is 17.6 Å². The van der Waals surface area contributed by atoms with Crippen molar-refractivity contribution in [3.8, 4) is 0 Å². The van der Waals surface area contributed by atoms with Gasteiger partial charge in [-0.15, -0.1) is 0 Å². The molecule has 150 valence electrons. The molecule has 0 aliphatic carbocycles. The standard InChI is InChI=1S/C20H24ClFN4O2/c1-25(2)15-8-5-13(6-9-15)18(26(3)4)12-23-19(27)20(28)24-14-7-10-17(22)16(21)11-14/h5-11,18H,12H2,1-4H3,(H,23,27)(H,24,28)/t18-/m1/s1. The summed E-state index contributed by atoms with van der Waals surface area (Å²) in [6, 6.07) is 11.6. The van der Waals surface area contributed by atoms with E-state index in [0.29, 0.717) is 0 Å². The van der Waals surface area contributed by atoms with Crippen molar-refractivity contribution >= 4 is 34.8 Å². The molecule has 8 heteroatoms. The largest absolute Gasteiger partial charge is 0.378 e. The van der Waals surface area contributed by atoms with Crippen LogP contribution in [0.5, 0.6) is 0 Å². The third-order valence-corrected chi connectivity index (χ3v) is 4.55. The van der Waals surface area contributed by atoms with Crippen molar-refractivity contribution in [3.05, 3.63) is 58.9 Å². The van der Waals surface area contributed by atoms with Crippen LogP contribution in [0.25, 0.3) is 0 Å². The van der Waals surface area contributed by atoms with Crippen LogP contribution in [0.1, 0.15) is 11.6 Å². The lowest BCUT2D eigenvalue weighted by Gasteiger charge is -2.25. The molecular weight excluding hydrogens is 383 g/mol. The maximum Gasteiger partial charge on any atom is 0.313 e. The van der Waals surface area contributed by atoms with Gasteiger partial charge in [0.1, 0.15) is 5.82 Å². The Hall–Kier alpha value is -2.64. The summed E-state index contributed by atoms with van der Waals surface area (Å²) in [5, 5.41) is 4.90. The second-order valence-corrected chi connectivity index (χ2v) is 7.17. The third-order valence-electron chi connectivity index (χ3n) is 4.26. The zero-order valence-electron chi connectivity index (χ0n) is 16.3. The first-order valence-corrected chi connectivity index (χ1v) is 9.04. The van der Waals surface area contributed by atoms with Crippen molar-refractivity contribution < 1.29 is 14.0 Å². The Balaban J connectivity index is 1.99. The zero-order chi connectivity index (χ0) is 20.8. The van der Waals surface area contributed by atoms with Crippen molar-refractivity contribution in [1.29, 1.82) is 0 Å². The Morgan fingerprint density at radius 2 is 1.68 bits per heavy atom. The molecule has 2 amide bonds. The molecule has 0 heterocycles. The number of rotatable bonds is 6. The van der Waals surface area contributed by atoms with E-state index in [-0.39, 0.29) is 23.3 Å². The molecule has 0 radical (unpaired) electrons. The minimum atomic E-state index is -0.844. The van der Waals surface area contributed by atoms with Crippen LogP contribution < -0.4 is 15.5 Å². The van der Waals surface area contributed by atoms with E-state index >= 15 is 0 Å². The number of carbonyl (C=O) groups is 2. The molecule has 0 aliphatic heterocycles. The molecule has 0 saturated carbocycles. The van der Waals surface area contributed by atoms with Gasteiger partial charge in [-0.1, -0.05) is 23.7 Å². The van der Waals surface area contributed by atoms with Gasteiger partial charge in [-0.05, 0) is 50.0 Å². The van der Waals surface area contributed by atoms with Gasteiger partial charge in [-0.25, -0.2) is 4.39 Å². The molecule has 0 bridgehead atoms. The van der Waals surface area contributed by atoms with E-state index in [1.807, 2.05) is 62.3 Å². The number of likely N-dealkylation sites (N-methyl/N-ethyl adjacent to an activating group) is 1. The van der Waals surface area contributed by atoms with E-state index in [1.165, 1.54) is 12.1 Å². The van der Waals surface area contributed by atoms with Gasteiger partial charge in [0, 0.05) is 32.0 Å². The third kappa shape index (κ3) is 5.68. The number of benzene rings is 2. The van der Waals surface area contributed by atoms with Crippen molar-refractivity contribution in [1.82, 2.24) is 10.2 Å². The molecule has 2 N–H and O–H groups in total. The van der Waals surface area contributed by atoms with Crippen molar-refractivity contribution in [2.75, 3.05) is 45.0 Å². The van der Waals surface area contributed by atoms with Crippen molar-refractivity contribution in [3.63, 3.8) is 0 Å². The Bertz CT molecular complexity index is 841. The Morgan fingerprint density at radius 1 is 1.04 bits per heavy atom. The number of nitrogens with zero attached hydrogens (tertiary/aromatic N) is 2. The summed E-state index contributed by atoms with van der Waals surface area (Å²) in [6.07, 6.45) is 0. The molecule has 2 rings (SSSR count). The second kappa shape index (κ2) is 9.52. The van der Waals surface area contributed by atoms with Crippen LogP contribution in [0.4, 0.5) is 15.8 Å². The highest BCUT2D eigenvalue weighted by Crippen LogP contribution is 2.21. The van der Waals surface area contributed by atoms with Crippen LogP contribution in [0.3, 0.4) is 0 Å². The van der Waals surface area contributed by atoms with E-state index in [2.05, 4.69) is 10.6 Å². The van der Waals surface area contributed by atoms with E-state index in [1.54, 1.807) is 0 Å². The summed E-state index contributed by atoms with van der Waals surface area (Å²) in [4.78, 5) is 28.2. The monoisotopic (exact) mass is 406 g/mol. The smallest absolute Gasteiger partial charge is 0.313 e. The van der Waals surface area contributed by atoms with Gasteiger partial charge in [0.2, 0.25) is 0 Å². The van der Waals surface area contributed by atoms with Gasteiger partial charge in [0.25, 0.3) is 0 Å². The average Bonchev–Trinajstić information content (AvgIpc) is 2.64. The lowest BCUT2D eigenvalue weighted by atomic mass is 10.1. The van der Waals surface area contributed by atoms with E-state index in [0.717, 1.165) is 17.3 Å². The summed E-state index contributed by atoms with van der Waals surface area (Å²) in [5.74, 6) is -2.22. The molecule has 2 aromatic carbocycles. The molecule has 0 aliphatic rings. The maximum atomic E-state index is 13.2. The lowest BCUT2D eigenvalue weighted by Crippen LogP contribution is -2.40. The minimum absolute atomic E-state index is 0.103. The Labute approximate surface area is 169 Å². The second-order valence-electron chi connectivity index (χ2n) is 6.76. The van der Waals surface area contributed by atoms with Gasteiger partial charge >= 0.3 is 11.8 Å². The zero-order valence-corrected chi connectivity index (χ0v) is 17.0. The van der Waals surface area contributed by atoms with Crippen LogP contribution >= 0.6 is 11.6 Å². The highest BCUT2D eigenvalue weighted by atomic mass is 35.5. The summed E-state index contributed by atoms with van der Waals surface area (Å²) < 4.78 is 13.2. The molecule has 0 aromatic heterocycles. The Morgan fingerprint density at radius 3 is 2.21 bits per heavy atom. The van der Waals surface area contributed by atoms with Crippen LogP contribution in [-0.4, -0.2) is 51.4 Å². The first-order valence-electron chi connectivity index (χ1n) is 8.67. The highest BCUT2D eigenvalue weighted by Gasteiger charge is 2.19. The van der Waals surface area contributed by atoms with Gasteiger partial charge in [0.05, 0.1) is 11.1 Å². The van der Waals surface area contributed by atoms with E-state index in [9.17, 15) is 14.0 Å². The van der Waals surface area contributed by atoms with Crippen LogP contribution in [0, 0.1) is 5.82 Å². The number of carbonyl (C=O) groups excluding carboxylic acids is 2. The Kier molecular flexibility index (Phi) is 7.37. The molecule has 0 spiro atoms. The van der Waals surface area contributed by atoms with Crippen LogP contribution in [-0.2, 0) is 9.59 Å². The molecule has 1 atom stereocenters. The highest BCUT2D eigenvalue weighted by molar-refractivity contribution is 6.39. The number of hydrogen-bond acceptors (Lipinski definition) is 4. The molecule has 2 aromatic rings. The molecule has 0 fully saturated rings. The SMILES string of the molecule is CN(C)c1ccc([C@@H](CNC(=O)C(=O)Nc2ccc(F)c(Cl)c2)N(C)C)cc1. The quantitative estimate of drug-likeness (QED) is 0.724. The minimum Gasteiger partial charge on any atom is -0.378 e. The molecule has 0 saturated heterocycles. The molecular formula is C20H24ClFN4O2. The fraction of sp³-hybridized carbons (Fsp3) is 0.300. The molecule has 0 unspecified atom stereocenters. The first-order chi connectivity index (χ1) is 13.2. The normalized spacial score (nSPS) is 11.8. The van der Waals surface area contributed by atoms with Gasteiger partial charge in [-0.3, -0.25) is 9.59 Å². The number of hydrogen-bond donors (Lipinski definition) is 2. The van der Waals surface area contributed by atoms with Crippen molar-refractivity contribution in [2.24, 2.45) is 0 Å². The summed E-state index contributed by atoms with van der Waals surface area (Å²) >= 11 is 5.68. The van der Waals surface area contributed by atoms with Crippen LogP contribution in [0.2, 0.25) is 5.02 Å².